The molecule has 0 spiro atoms. The Bertz CT molecular complexity index is 872. The van der Waals surface area contributed by atoms with Crippen molar-refractivity contribution in [3.8, 4) is 11.5 Å². The van der Waals surface area contributed by atoms with E-state index in [0.717, 1.165) is 34.6 Å². The SMILES string of the molecule is CC[C@H](Oc1ccc(C)c(C)c1)C(=O)N[C@@H]1CC(C)(C)Oc2ccc(C)cc21. The van der Waals surface area contributed by atoms with Crippen LogP contribution in [0.4, 0.5) is 0 Å². The van der Waals surface area contributed by atoms with Crippen LogP contribution in [0.1, 0.15) is 61.9 Å². The average molecular weight is 382 g/mol. The normalized spacial score (nSPS) is 18.6. The number of amides is 1. The molecule has 0 unspecified atom stereocenters. The Hall–Kier alpha value is -2.49. The molecule has 1 aliphatic heterocycles. The maximum Gasteiger partial charge on any atom is 0.261 e. The van der Waals surface area contributed by atoms with E-state index in [2.05, 4.69) is 39.1 Å². The molecule has 2 atom stereocenters. The zero-order chi connectivity index (χ0) is 20.5. The van der Waals surface area contributed by atoms with Gasteiger partial charge in [0.05, 0.1) is 6.04 Å². The lowest BCUT2D eigenvalue weighted by atomic mass is 9.88. The first kappa shape index (κ1) is 20.2. The Morgan fingerprint density at radius 1 is 1.18 bits per heavy atom. The van der Waals surface area contributed by atoms with Crippen molar-refractivity contribution in [2.45, 2.75) is 72.1 Å². The third kappa shape index (κ3) is 4.49. The molecule has 0 saturated carbocycles. The third-order valence-corrected chi connectivity index (χ3v) is 5.36. The zero-order valence-corrected chi connectivity index (χ0v) is 17.8. The maximum atomic E-state index is 13.0. The standard InChI is InChI=1S/C24H31NO3/c1-7-21(27-18-10-9-16(3)17(4)13-18)23(26)25-20-14-24(5,6)28-22-11-8-15(2)12-19(20)22/h8-13,20-21H,7,14H2,1-6H3,(H,25,26)/t20-,21+/m1/s1. The average Bonchev–Trinajstić information content (AvgIpc) is 2.62. The monoisotopic (exact) mass is 381 g/mol. The summed E-state index contributed by atoms with van der Waals surface area (Å²) >= 11 is 0. The highest BCUT2D eigenvalue weighted by Crippen LogP contribution is 2.40. The van der Waals surface area contributed by atoms with Crippen LogP contribution < -0.4 is 14.8 Å². The molecule has 1 N–H and O–H groups in total. The Morgan fingerprint density at radius 2 is 1.93 bits per heavy atom. The van der Waals surface area contributed by atoms with Crippen LogP contribution in [0.2, 0.25) is 0 Å². The molecule has 0 radical (unpaired) electrons. The lowest BCUT2D eigenvalue weighted by Crippen LogP contribution is -2.45. The van der Waals surface area contributed by atoms with Gasteiger partial charge in [-0.2, -0.15) is 0 Å². The molecular weight excluding hydrogens is 350 g/mol. The van der Waals surface area contributed by atoms with Gasteiger partial charge < -0.3 is 14.8 Å². The second-order valence-corrected chi connectivity index (χ2v) is 8.43. The number of ether oxygens (including phenoxy) is 2. The van der Waals surface area contributed by atoms with E-state index in [1.165, 1.54) is 5.56 Å². The van der Waals surface area contributed by atoms with E-state index >= 15 is 0 Å². The van der Waals surface area contributed by atoms with Gasteiger partial charge in [0.1, 0.15) is 17.1 Å². The summed E-state index contributed by atoms with van der Waals surface area (Å²) in [6, 6.07) is 12.0. The van der Waals surface area contributed by atoms with E-state index in [0.29, 0.717) is 6.42 Å². The van der Waals surface area contributed by atoms with Gasteiger partial charge in [-0.3, -0.25) is 4.79 Å². The number of hydrogen-bond donors (Lipinski definition) is 1. The van der Waals surface area contributed by atoms with Gasteiger partial charge in [0.25, 0.3) is 5.91 Å². The zero-order valence-electron chi connectivity index (χ0n) is 17.8. The summed E-state index contributed by atoms with van der Waals surface area (Å²) in [7, 11) is 0. The molecule has 28 heavy (non-hydrogen) atoms. The number of benzene rings is 2. The van der Waals surface area contributed by atoms with Gasteiger partial charge in [-0.05, 0) is 70.4 Å². The predicted octanol–water partition coefficient (Wildman–Crippen LogP) is 5.19. The van der Waals surface area contributed by atoms with E-state index < -0.39 is 6.10 Å². The molecule has 0 fully saturated rings. The van der Waals surface area contributed by atoms with Gasteiger partial charge in [-0.25, -0.2) is 0 Å². The molecule has 2 aromatic rings. The van der Waals surface area contributed by atoms with Crippen LogP contribution in [-0.4, -0.2) is 17.6 Å². The van der Waals surface area contributed by atoms with Crippen molar-refractivity contribution in [3.05, 3.63) is 58.7 Å². The molecule has 150 valence electrons. The first-order valence-electron chi connectivity index (χ1n) is 10.0. The number of nitrogens with one attached hydrogen (secondary N) is 1. The van der Waals surface area contributed by atoms with Gasteiger partial charge in [-0.15, -0.1) is 0 Å². The van der Waals surface area contributed by atoms with Crippen LogP contribution in [0.25, 0.3) is 0 Å². The molecule has 4 heteroatoms. The Kier molecular flexibility index (Phi) is 5.69. The minimum absolute atomic E-state index is 0.0871. The van der Waals surface area contributed by atoms with Crippen molar-refractivity contribution >= 4 is 5.91 Å². The summed E-state index contributed by atoms with van der Waals surface area (Å²) in [5.74, 6) is 1.49. The Balaban J connectivity index is 1.78. The molecular formula is C24H31NO3. The molecule has 3 rings (SSSR count). The van der Waals surface area contributed by atoms with Crippen LogP contribution in [0.5, 0.6) is 11.5 Å². The van der Waals surface area contributed by atoms with Gasteiger partial charge in [-0.1, -0.05) is 30.7 Å². The lowest BCUT2D eigenvalue weighted by molar-refractivity contribution is -0.129. The molecule has 1 amide bonds. The predicted molar refractivity (Wildman–Crippen MR) is 112 cm³/mol. The lowest BCUT2D eigenvalue weighted by Gasteiger charge is -2.38. The molecule has 2 aromatic carbocycles. The Labute approximate surface area is 168 Å². The summed E-state index contributed by atoms with van der Waals surface area (Å²) in [6.07, 6.45) is 0.794. The number of hydrogen-bond acceptors (Lipinski definition) is 3. The van der Waals surface area contributed by atoms with E-state index in [4.69, 9.17) is 9.47 Å². The minimum atomic E-state index is -0.527. The molecule has 4 nitrogen and oxygen atoms in total. The smallest absolute Gasteiger partial charge is 0.261 e. The molecule has 1 heterocycles. The number of rotatable bonds is 5. The molecule has 0 saturated heterocycles. The molecule has 0 aliphatic carbocycles. The second-order valence-electron chi connectivity index (χ2n) is 8.43. The topological polar surface area (TPSA) is 47.6 Å². The first-order valence-corrected chi connectivity index (χ1v) is 10.0. The maximum absolute atomic E-state index is 13.0. The highest BCUT2D eigenvalue weighted by molar-refractivity contribution is 5.81. The van der Waals surface area contributed by atoms with Gasteiger partial charge in [0.2, 0.25) is 0 Å². The van der Waals surface area contributed by atoms with Crippen LogP contribution in [-0.2, 0) is 4.79 Å². The van der Waals surface area contributed by atoms with E-state index in [1.54, 1.807) is 0 Å². The van der Waals surface area contributed by atoms with Crippen molar-refractivity contribution in [2.75, 3.05) is 0 Å². The third-order valence-electron chi connectivity index (χ3n) is 5.36. The highest BCUT2D eigenvalue weighted by atomic mass is 16.5. The largest absolute Gasteiger partial charge is 0.487 e. The van der Waals surface area contributed by atoms with Crippen molar-refractivity contribution in [2.24, 2.45) is 0 Å². The van der Waals surface area contributed by atoms with Crippen molar-refractivity contribution in [3.63, 3.8) is 0 Å². The second kappa shape index (κ2) is 7.86. The van der Waals surface area contributed by atoms with Crippen molar-refractivity contribution in [1.29, 1.82) is 0 Å². The quantitative estimate of drug-likeness (QED) is 0.775. The summed E-state index contributed by atoms with van der Waals surface area (Å²) in [6.45, 7) is 12.2. The van der Waals surface area contributed by atoms with E-state index in [1.807, 2.05) is 44.2 Å². The molecule has 0 bridgehead atoms. The summed E-state index contributed by atoms with van der Waals surface area (Å²) in [5, 5.41) is 3.21. The van der Waals surface area contributed by atoms with E-state index in [-0.39, 0.29) is 17.6 Å². The summed E-state index contributed by atoms with van der Waals surface area (Å²) in [5.41, 5.74) is 4.22. The summed E-state index contributed by atoms with van der Waals surface area (Å²) < 4.78 is 12.1. The van der Waals surface area contributed by atoms with Gasteiger partial charge in [0, 0.05) is 12.0 Å². The first-order chi connectivity index (χ1) is 13.2. The highest BCUT2D eigenvalue weighted by Gasteiger charge is 2.35. The molecule has 1 aliphatic rings. The summed E-state index contributed by atoms with van der Waals surface area (Å²) in [4.78, 5) is 13.0. The van der Waals surface area contributed by atoms with Crippen molar-refractivity contribution in [1.82, 2.24) is 5.32 Å². The fourth-order valence-electron chi connectivity index (χ4n) is 3.64. The van der Waals surface area contributed by atoms with E-state index in [9.17, 15) is 4.79 Å². The number of carbonyl (C=O) groups excluding carboxylic acids is 1. The van der Waals surface area contributed by atoms with Crippen molar-refractivity contribution < 1.29 is 14.3 Å². The number of carbonyl (C=O) groups is 1. The van der Waals surface area contributed by atoms with Gasteiger partial charge >= 0.3 is 0 Å². The minimum Gasteiger partial charge on any atom is -0.487 e. The van der Waals surface area contributed by atoms with Crippen LogP contribution in [0.3, 0.4) is 0 Å². The fourth-order valence-corrected chi connectivity index (χ4v) is 3.64. The Morgan fingerprint density at radius 3 is 2.61 bits per heavy atom. The number of fused-ring (bicyclic) bond motifs is 1. The van der Waals surface area contributed by atoms with Gasteiger partial charge in [0.15, 0.2) is 6.10 Å². The van der Waals surface area contributed by atoms with Crippen LogP contribution in [0.15, 0.2) is 36.4 Å². The fraction of sp³-hybridized carbons (Fsp3) is 0.458. The van der Waals surface area contributed by atoms with Crippen LogP contribution >= 0.6 is 0 Å². The van der Waals surface area contributed by atoms with Crippen LogP contribution in [0, 0.1) is 20.8 Å². The molecule has 0 aromatic heterocycles. The number of aryl methyl sites for hydroxylation is 3.